The Kier molecular flexibility index (Phi) is 6.12. The molecule has 3 rings (SSSR count). The first kappa shape index (κ1) is 20.7. The summed E-state index contributed by atoms with van der Waals surface area (Å²) in [7, 11) is 5.86. The molecule has 2 aromatic rings. The first-order valence-corrected chi connectivity index (χ1v) is 9.31. The average Bonchev–Trinajstić information content (AvgIpc) is 3.05. The molecule has 1 aliphatic heterocycles. The maximum atomic E-state index is 13.2. The lowest BCUT2D eigenvalue weighted by atomic mass is 10.0. The number of fused-ring (bicyclic) bond motifs is 1. The number of anilines is 2. The Morgan fingerprint density at radius 2 is 1.86 bits per heavy atom. The highest BCUT2D eigenvalue weighted by atomic mass is 19.2. The summed E-state index contributed by atoms with van der Waals surface area (Å²) in [5.41, 5.74) is 3.53. The lowest BCUT2D eigenvalue weighted by Gasteiger charge is -2.26. The van der Waals surface area contributed by atoms with E-state index in [0.29, 0.717) is 0 Å². The summed E-state index contributed by atoms with van der Waals surface area (Å²) in [6, 6.07) is 9.02. The lowest BCUT2D eigenvalue weighted by molar-refractivity contribution is -0.136. The second kappa shape index (κ2) is 8.57. The van der Waals surface area contributed by atoms with E-state index in [1.165, 1.54) is 17.3 Å². The number of carbonyl (C=O) groups is 2. The van der Waals surface area contributed by atoms with E-state index >= 15 is 0 Å². The first-order valence-electron chi connectivity index (χ1n) is 9.31. The number of nitrogens with one attached hydrogen (secondary N) is 2. The average molecular weight is 402 g/mol. The summed E-state index contributed by atoms with van der Waals surface area (Å²) < 4.78 is 26.2. The smallest absolute Gasteiger partial charge is 0.313 e. The molecule has 1 atom stereocenters. The molecule has 8 heteroatoms. The van der Waals surface area contributed by atoms with Crippen molar-refractivity contribution < 1.29 is 18.4 Å². The second-order valence-electron chi connectivity index (χ2n) is 7.33. The van der Waals surface area contributed by atoms with Gasteiger partial charge in [-0.2, -0.15) is 0 Å². The van der Waals surface area contributed by atoms with Crippen molar-refractivity contribution in [3.63, 3.8) is 0 Å². The highest BCUT2D eigenvalue weighted by molar-refractivity contribution is 6.39. The predicted molar refractivity (Wildman–Crippen MR) is 108 cm³/mol. The maximum Gasteiger partial charge on any atom is 0.313 e. The van der Waals surface area contributed by atoms with Gasteiger partial charge in [-0.3, -0.25) is 9.59 Å². The third kappa shape index (κ3) is 4.71. The van der Waals surface area contributed by atoms with Crippen LogP contribution in [0.2, 0.25) is 0 Å². The van der Waals surface area contributed by atoms with Crippen molar-refractivity contribution in [3.05, 3.63) is 59.2 Å². The summed E-state index contributed by atoms with van der Waals surface area (Å²) >= 11 is 0. The van der Waals surface area contributed by atoms with E-state index in [1.807, 2.05) is 25.1 Å². The molecule has 1 aliphatic rings. The van der Waals surface area contributed by atoms with E-state index < -0.39 is 23.4 Å². The third-order valence-corrected chi connectivity index (χ3v) is 5.08. The normalized spacial score (nSPS) is 13.9. The molecule has 0 radical (unpaired) electrons. The van der Waals surface area contributed by atoms with E-state index in [2.05, 4.69) is 34.7 Å². The molecule has 0 bridgehead atoms. The van der Waals surface area contributed by atoms with Gasteiger partial charge >= 0.3 is 11.8 Å². The fraction of sp³-hybridized carbons (Fsp3) is 0.333. The van der Waals surface area contributed by atoms with Crippen molar-refractivity contribution in [1.29, 1.82) is 0 Å². The van der Waals surface area contributed by atoms with Crippen molar-refractivity contribution >= 4 is 23.2 Å². The minimum atomic E-state index is -1.10. The quantitative estimate of drug-likeness (QED) is 0.754. The van der Waals surface area contributed by atoms with Crippen LogP contribution in [-0.4, -0.2) is 50.9 Å². The zero-order chi connectivity index (χ0) is 21.1. The van der Waals surface area contributed by atoms with Crippen LogP contribution in [0, 0.1) is 11.6 Å². The molecule has 1 heterocycles. The summed E-state index contributed by atoms with van der Waals surface area (Å²) in [4.78, 5) is 28.4. The van der Waals surface area contributed by atoms with Gasteiger partial charge in [0.2, 0.25) is 0 Å². The number of nitrogens with zero attached hydrogens (tertiary/aromatic N) is 2. The Hall–Kier alpha value is -3.00. The van der Waals surface area contributed by atoms with Crippen molar-refractivity contribution in [2.45, 2.75) is 12.5 Å². The number of hydrogen-bond donors (Lipinski definition) is 2. The van der Waals surface area contributed by atoms with Gasteiger partial charge in [0.1, 0.15) is 0 Å². The van der Waals surface area contributed by atoms with Crippen LogP contribution in [0.25, 0.3) is 0 Å². The van der Waals surface area contributed by atoms with Crippen LogP contribution >= 0.6 is 0 Å². The van der Waals surface area contributed by atoms with Crippen LogP contribution in [0.1, 0.15) is 17.2 Å². The van der Waals surface area contributed by atoms with Crippen LogP contribution in [-0.2, 0) is 16.0 Å². The molecule has 2 aromatic carbocycles. The van der Waals surface area contributed by atoms with Gasteiger partial charge < -0.3 is 20.4 Å². The maximum absolute atomic E-state index is 13.2. The molecule has 0 aromatic heterocycles. The zero-order valence-corrected chi connectivity index (χ0v) is 16.6. The molecule has 0 saturated heterocycles. The number of benzene rings is 2. The van der Waals surface area contributed by atoms with Crippen molar-refractivity contribution in [3.8, 4) is 0 Å². The molecular weight excluding hydrogens is 378 g/mol. The van der Waals surface area contributed by atoms with Crippen molar-refractivity contribution in [1.82, 2.24) is 10.2 Å². The molecule has 29 heavy (non-hydrogen) atoms. The predicted octanol–water partition coefficient (Wildman–Crippen LogP) is 2.31. The minimum absolute atomic E-state index is 0.0101. The summed E-state index contributed by atoms with van der Waals surface area (Å²) in [5.74, 6) is -3.91. The van der Waals surface area contributed by atoms with E-state index in [0.717, 1.165) is 30.7 Å². The van der Waals surface area contributed by atoms with Crippen LogP contribution in [0.15, 0.2) is 36.4 Å². The SMILES string of the molecule is CN1CCc2cc([C@@H](CNC(=O)C(=O)Nc3ccc(F)c(F)c3)N(C)C)ccc21. The molecule has 0 spiro atoms. The topological polar surface area (TPSA) is 64.7 Å². The van der Waals surface area contributed by atoms with Crippen molar-refractivity contribution in [2.75, 3.05) is 44.4 Å². The lowest BCUT2D eigenvalue weighted by Crippen LogP contribution is -2.40. The molecule has 0 saturated carbocycles. The minimum Gasteiger partial charge on any atom is -0.374 e. The van der Waals surface area contributed by atoms with Crippen LogP contribution in [0.3, 0.4) is 0 Å². The number of carbonyl (C=O) groups excluding carboxylic acids is 2. The summed E-state index contributed by atoms with van der Waals surface area (Å²) in [6.07, 6.45) is 0.975. The van der Waals surface area contributed by atoms with Gasteiger partial charge in [0.15, 0.2) is 11.6 Å². The number of likely N-dealkylation sites (N-methyl/N-ethyl adjacent to an activating group) is 2. The van der Waals surface area contributed by atoms with Gasteiger partial charge in [0.05, 0.1) is 6.04 Å². The van der Waals surface area contributed by atoms with Crippen LogP contribution < -0.4 is 15.5 Å². The monoisotopic (exact) mass is 402 g/mol. The number of hydrogen-bond acceptors (Lipinski definition) is 4. The van der Waals surface area contributed by atoms with E-state index in [9.17, 15) is 18.4 Å². The van der Waals surface area contributed by atoms with Crippen molar-refractivity contribution in [2.24, 2.45) is 0 Å². The Bertz CT molecular complexity index is 933. The summed E-state index contributed by atoms with van der Waals surface area (Å²) in [5, 5.41) is 4.88. The van der Waals surface area contributed by atoms with E-state index in [4.69, 9.17) is 0 Å². The van der Waals surface area contributed by atoms with Crippen LogP contribution in [0.4, 0.5) is 20.2 Å². The molecule has 0 fully saturated rings. The molecule has 154 valence electrons. The number of halogens is 2. The highest BCUT2D eigenvalue weighted by Crippen LogP contribution is 2.30. The summed E-state index contributed by atoms with van der Waals surface area (Å²) in [6.45, 7) is 1.21. The first-order chi connectivity index (χ1) is 13.8. The Morgan fingerprint density at radius 3 is 2.55 bits per heavy atom. The third-order valence-electron chi connectivity index (χ3n) is 5.08. The molecule has 2 amide bonds. The highest BCUT2D eigenvalue weighted by Gasteiger charge is 2.22. The zero-order valence-electron chi connectivity index (χ0n) is 16.6. The van der Waals surface area contributed by atoms with Gasteiger partial charge in [-0.25, -0.2) is 8.78 Å². The Balaban J connectivity index is 1.63. The fourth-order valence-corrected chi connectivity index (χ4v) is 3.42. The van der Waals surface area contributed by atoms with E-state index in [-0.39, 0.29) is 18.3 Å². The standard InChI is InChI=1S/C21H24F2N4O2/c1-26(2)19(13-4-7-18-14(10-13)8-9-27(18)3)12-24-20(28)21(29)25-15-5-6-16(22)17(23)11-15/h4-7,10-11,19H,8-9,12H2,1-3H3,(H,24,28)(H,25,29)/t19-/m1/s1. The molecule has 6 nitrogen and oxygen atoms in total. The largest absolute Gasteiger partial charge is 0.374 e. The molecular formula is C21H24F2N4O2. The molecule has 0 aliphatic carbocycles. The van der Waals surface area contributed by atoms with Gasteiger partial charge in [0, 0.05) is 37.6 Å². The van der Waals surface area contributed by atoms with E-state index in [1.54, 1.807) is 0 Å². The Morgan fingerprint density at radius 1 is 1.10 bits per heavy atom. The van der Waals surface area contributed by atoms with Gasteiger partial charge in [-0.05, 0) is 49.8 Å². The van der Waals surface area contributed by atoms with Gasteiger partial charge in [-0.1, -0.05) is 12.1 Å². The number of rotatable bonds is 5. The number of amides is 2. The molecule has 0 unspecified atom stereocenters. The fourth-order valence-electron chi connectivity index (χ4n) is 3.42. The Labute approximate surface area is 168 Å². The van der Waals surface area contributed by atoms with Gasteiger partial charge in [-0.15, -0.1) is 0 Å². The van der Waals surface area contributed by atoms with Gasteiger partial charge in [0.25, 0.3) is 0 Å². The second-order valence-corrected chi connectivity index (χ2v) is 7.33. The molecule has 2 N–H and O–H groups in total. The van der Waals surface area contributed by atoms with Crippen LogP contribution in [0.5, 0.6) is 0 Å².